The number of nitrogens with one attached hydrogen (secondary N) is 1. The summed E-state index contributed by atoms with van der Waals surface area (Å²) < 4.78 is 5.64. The molecule has 2 aliphatic rings. The zero-order valence-electron chi connectivity index (χ0n) is 12.6. The average Bonchev–Trinajstić information content (AvgIpc) is 2.92. The Hall–Kier alpha value is -1.55. The second-order valence-corrected chi connectivity index (χ2v) is 6.54. The fourth-order valence-electron chi connectivity index (χ4n) is 3.43. The van der Waals surface area contributed by atoms with E-state index in [1.807, 2.05) is 24.3 Å². The van der Waals surface area contributed by atoms with Gasteiger partial charge in [-0.3, -0.25) is 4.79 Å². The van der Waals surface area contributed by atoms with Gasteiger partial charge in [-0.25, -0.2) is 0 Å². The van der Waals surface area contributed by atoms with Crippen LogP contribution in [0.2, 0.25) is 0 Å². The van der Waals surface area contributed by atoms with E-state index in [1.54, 1.807) is 0 Å². The summed E-state index contributed by atoms with van der Waals surface area (Å²) in [6.07, 6.45) is 3.96. The third-order valence-electron chi connectivity index (χ3n) is 5.11. The monoisotopic (exact) mass is 288 g/mol. The van der Waals surface area contributed by atoms with Gasteiger partial charge < -0.3 is 15.8 Å². The van der Waals surface area contributed by atoms with Gasteiger partial charge in [0, 0.05) is 12.1 Å². The van der Waals surface area contributed by atoms with Crippen LogP contribution < -0.4 is 15.8 Å². The van der Waals surface area contributed by atoms with Gasteiger partial charge in [0.15, 0.2) is 0 Å². The van der Waals surface area contributed by atoms with Crippen molar-refractivity contribution in [1.82, 2.24) is 5.32 Å². The zero-order chi connectivity index (χ0) is 14.9. The second kappa shape index (κ2) is 5.68. The number of hydrogen-bond donors (Lipinski definition) is 2. The van der Waals surface area contributed by atoms with Crippen molar-refractivity contribution in [3.63, 3.8) is 0 Å². The Morgan fingerprint density at radius 2 is 2.10 bits per heavy atom. The van der Waals surface area contributed by atoms with Gasteiger partial charge >= 0.3 is 0 Å². The normalized spacial score (nSPS) is 31.3. The van der Waals surface area contributed by atoms with Crippen LogP contribution in [0.25, 0.3) is 0 Å². The van der Waals surface area contributed by atoms with Crippen molar-refractivity contribution in [3.05, 3.63) is 29.8 Å². The minimum Gasteiger partial charge on any atom is -0.491 e. The highest BCUT2D eigenvalue weighted by Gasteiger charge is 2.41. The van der Waals surface area contributed by atoms with E-state index < -0.39 is 0 Å². The molecule has 1 aromatic carbocycles. The molecule has 1 aliphatic heterocycles. The van der Waals surface area contributed by atoms with Crippen LogP contribution in [-0.2, 0) is 4.79 Å². The molecule has 1 aliphatic carbocycles. The number of benzene rings is 1. The van der Waals surface area contributed by atoms with Crippen LogP contribution in [0.1, 0.15) is 44.2 Å². The maximum Gasteiger partial charge on any atom is 0.228 e. The summed E-state index contributed by atoms with van der Waals surface area (Å²) >= 11 is 0. The molecule has 1 aromatic rings. The maximum atomic E-state index is 12.8. The van der Waals surface area contributed by atoms with Crippen molar-refractivity contribution in [2.45, 2.75) is 38.6 Å². The van der Waals surface area contributed by atoms with E-state index in [1.165, 1.54) is 0 Å². The van der Waals surface area contributed by atoms with Crippen molar-refractivity contribution in [3.8, 4) is 5.75 Å². The number of carbonyl (C=O) groups excluding carboxylic acids is 1. The number of rotatable bonds is 3. The van der Waals surface area contributed by atoms with Crippen LogP contribution in [-0.4, -0.2) is 19.1 Å². The Balaban J connectivity index is 1.72. The molecule has 1 amide bonds. The predicted molar refractivity (Wildman–Crippen MR) is 81.9 cm³/mol. The summed E-state index contributed by atoms with van der Waals surface area (Å²) in [4.78, 5) is 12.8. The van der Waals surface area contributed by atoms with Gasteiger partial charge in [0.1, 0.15) is 12.4 Å². The van der Waals surface area contributed by atoms with Gasteiger partial charge in [-0.05, 0) is 37.7 Å². The standard InChI is InChI=1S/C17H24N2O2/c1-12-6-8-17(11-18,9-7-12)16(20)19-14-10-21-15-5-3-2-4-13(14)15/h2-5,12,14H,6-11,18H2,1H3,(H,19,20). The molecule has 4 nitrogen and oxygen atoms in total. The van der Waals surface area contributed by atoms with Crippen molar-refractivity contribution in [1.29, 1.82) is 0 Å². The molecule has 114 valence electrons. The van der Waals surface area contributed by atoms with Crippen LogP contribution in [0.3, 0.4) is 0 Å². The Kier molecular flexibility index (Phi) is 3.89. The Labute approximate surface area is 126 Å². The van der Waals surface area contributed by atoms with E-state index in [9.17, 15) is 4.79 Å². The molecule has 0 bridgehead atoms. The Morgan fingerprint density at radius 3 is 2.81 bits per heavy atom. The van der Waals surface area contributed by atoms with E-state index in [0.29, 0.717) is 19.1 Å². The Bertz CT molecular complexity index is 521. The lowest BCUT2D eigenvalue weighted by Gasteiger charge is -2.37. The number of amides is 1. The third-order valence-corrected chi connectivity index (χ3v) is 5.11. The molecule has 3 N–H and O–H groups in total. The average molecular weight is 288 g/mol. The van der Waals surface area contributed by atoms with Crippen LogP contribution in [0.5, 0.6) is 5.75 Å². The van der Waals surface area contributed by atoms with Crippen molar-refractivity contribution >= 4 is 5.91 Å². The highest BCUT2D eigenvalue weighted by Crippen LogP contribution is 2.39. The maximum absolute atomic E-state index is 12.8. The Morgan fingerprint density at radius 1 is 1.38 bits per heavy atom. The van der Waals surface area contributed by atoms with E-state index in [0.717, 1.165) is 37.0 Å². The molecule has 1 heterocycles. The van der Waals surface area contributed by atoms with Gasteiger partial charge in [-0.15, -0.1) is 0 Å². The fraction of sp³-hybridized carbons (Fsp3) is 0.588. The van der Waals surface area contributed by atoms with Gasteiger partial charge in [-0.2, -0.15) is 0 Å². The lowest BCUT2D eigenvalue weighted by Crippen LogP contribution is -2.49. The number of para-hydroxylation sites is 1. The highest BCUT2D eigenvalue weighted by molar-refractivity contribution is 5.83. The minimum atomic E-state index is -0.385. The molecule has 1 unspecified atom stereocenters. The van der Waals surface area contributed by atoms with E-state index in [2.05, 4.69) is 12.2 Å². The molecular formula is C17H24N2O2. The molecule has 0 saturated heterocycles. The van der Waals surface area contributed by atoms with Gasteiger partial charge in [0.25, 0.3) is 0 Å². The first-order chi connectivity index (χ1) is 10.1. The molecule has 21 heavy (non-hydrogen) atoms. The van der Waals surface area contributed by atoms with Crippen LogP contribution >= 0.6 is 0 Å². The van der Waals surface area contributed by atoms with Gasteiger partial charge in [0.2, 0.25) is 5.91 Å². The topological polar surface area (TPSA) is 64.4 Å². The molecule has 1 atom stereocenters. The van der Waals surface area contributed by atoms with Crippen molar-refractivity contribution in [2.24, 2.45) is 17.1 Å². The van der Waals surface area contributed by atoms with Crippen LogP contribution in [0, 0.1) is 11.3 Å². The summed E-state index contributed by atoms with van der Waals surface area (Å²) in [6.45, 7) is 3.20. The summed E-state index contributed by atoms with van der Waals surface area (Å²) in [7, 11) is 0. The number of nitrogens with two attached hydrogens (primary N) is 1. The number of carbonyl (C=O) groups is 1. The molecule has 4 heteroatoms. The molecule has 0 aromatic heterocycles. The fourth-order valence-corrected chi connectivity index (χ4v) is 3.43. The summed E-state index contributed by atoms with van der Waals surface area (Å²) in [5.41, 5.74) is 6.65. The van der Waals surface area contributed by atoms with E-state index in [-0.39, 0.29) is 17.4 Å². The van der Waals surface area contributed by atoms with E-state index >= 15 is 0 Å². The first-order valence-electron chi connectivity index (χ1n) is 7.87. The first-order valence-corrected chi connectivity index (χ1v) is 7.87. The summed E-state index contributed by atoms with van der Waals surface area (Å²) in [5, 5.41) is 3.17. The van der Waals surface area contributed by atoms with Crippen molar-refractivity contribution < 1.29 is 9.53 Å². The van der Waals surface area contributed by atoms with Gasteiger partial charge in [0.05, 0.1) is 11.5 Å². The van der Waals surface area contributed by atoms with Gasteiger partial charge in [-0.1, -0.05) is 25.1 Å². The molecular weight excluding hydrogens is 264 g/mol. The lowest BCUT2D eigenvalue weighted by atomic mass is 9.70. The summed E-state index contributed by atoms with van der Waals surface area (Å²) in [5.74, 6) is 1.68. The largest absolute Gasteiger partial charge is 0.491 e. The molecule has 1 saturated carbocycles. The lowest BCUT2D eigenvalue weighted by molar-refractivity contribution is -0.133. The molecule has 1 fully saturated rings. The van der Waals surface area contributed by atoms with Crippen molar-refractivity contribution in [2.75, 3.05) is 13.2 Å². The van der Waals surface area contributed by atoms with E-state index in [4.69, 9.17) is 10.5 Å². The predicted octanol–water partition coefficient (Wildman–Crippen LogP) is 2.39. The SMILES string of the molecule is CC1CCC(CN)(C(=O)NC2COc3ccccc32)CC1. The summed E-state index contributed by atoms with van der Waals surface area (Å²) in [6, 6.07) is 7.85. The quantitative estimate of drug-likeness (QED) is 0.897. The van der Waals surface area contributed by atoms with Crippen LogP contribution in [0.15, 0.2) is 24.3 Å². The molecule has 0 radical (unpaired) electrons. The third kappa shape index (κ3) is 2.64. The minimum absolute atomic E-state index is 0.0449. The molecule has 0 spiro atoms. The number of fused-ring (bicyclic) bond motifs is 1. The highest BCUT2D eigenvalue weighted by atomic mass is 16.5. The first kappa shape index (κ1) is 14.4. The number of ether oxygens (including phenoxy) is 1. The second-order valence-electron chi connectivity index (χ2n) is 6.54. The van der Waals surface area contributed by atoms with Crippen LogP contribution in [0.4, 0.5) is 0 Å². The molecule has 3 rings (SSSR count). The number of hydrogen-bond acceptors (Lipinski definition) is 3. The zero-order valence-corrected chi connectivity index (χ0v) is 12.6. The smallest absolute Gasteiger partial charge is 0.228 e.